The summed E-state index contributed by atoms with van der Waals surface area (Å²) in [5, 5.41) is 0. The lowest BCUT2D eigenvalue weighted by molar-refractivity contribution is -0.112. The van der Waals surface area contributed by atoms with Gasteiger partial charge in [0.15, 0.2) is 5.78 Å². The minimum absolute atomic E-state index is 0.0842. The molecule has 1 rings (SSSR count). The first-order valence-corrected chi connectivity index (χ1v) is 4.35. The van der Waals surface area contributed by atoms with Gasteiger partial charge in [-0.2, -0.15) is 0 Å². The summed E-state index contributed by atoms with van der Waals surface area (Å²) in [4.78, 5) is 10.7. The molecule has 0 unspecified atom stereocenters. The third-order valence-corrected chi connectivity index (χ3v) is 1.93. The molecule has 0 aliphatic carbocycles. The molecule has 0 aliphatic rings. The van der Waals surface area contributed by atoms with E-state index in [1.54, 1.807) is 13.0 Å². The zero-order chi connectivity index (χ0) is 9.84. The molecule has 0 saturated carbocycles. The van der Waals surface area contributed by atoms with Crippen molar-refractivity contribution < 1.29 is 4.79 Å². The summed E-state index contributed by atoms with van der Waals surface area (Å²) >= 11 is 0. The lowest BCUT2D eigenvalue weighted by atomic mass is 10.1. The quantitative estimate of drug-likeness (QED) is 0.630. The molecular weight excluding hydrogens is 160 g/mol. The van der Waals surface area contributed by atoms with Crippen LogP contribution < -0.4 is 0 Å². The Labute approximate surface area is 79.1 Å². The molecule has 0 aliphatic heterocycles. The number of allylic oxidation sites excluding steroid dienone is 1. The summed E-state index contributed by atoms with van der Waals surface area (Å²) in [5.74, 6) is 0.0842. The van der Waals surface area contributed by atoms with Crippen LogP contribution in [0.3, 0.4) is 0 Å². The number of carbonyl (C=O) groups excluding carboxylic acids is 1. The predicted octanol–water partition coefficient (Wildman–Crippen LogP) is 2.91. The fourth-order valence-corrected chi connectivity index (χ4v) is 1.15. The number of carbonyl (C=O) groups is 1. The maximum absolute atomic E-state index is 10.7. The first kappa shape index (κ1) is 9.72. The molecule has 0 N–H and O–H groups in total. The molecule has 0 atom stereocenters. The highest BCUT2D eigenvalue weighted by atomic mass is 16.1. The van der Waals surface area contributed by atoms with E-state index in [9.17, 15) is 4.79 Å². The molecule has 0 radical (unpaired) electrons. The molecule has 0 bridgehead atoms. The fourth-order valence-electron chi connectivity index (χ4n) is 1.15. The molecular formula is C12H14O. The van der Waals surface area contributed by atoms with Gasteiger partial charge in [0.2, 0.25) is 0 Å². The molecule has 0 fully saturated rings. The fraction of sp³-hybridized carbons (Fsp3) is 0.250. The average Bonchev–Trinajstić information content (AvgIpc) is 2.06. The first-order chi connectivity index (χ1) is 6.09. The Morgan fingerprint density at radius 3 is 2.62 bits per heavy atom. The molecule has 1 aromatic carbocycles. The second kappa shape index (κ2) is 4.04. The van der Waals surface area contributed by atoms with Crippen LogP contribution in [0.5, 0.6) is 0 Å². The van der Waals surface area contributed by atoms with Gasteiger partial charge in [0.1, 0.15) is 0 Å². The van der Waals surface area contributed by atoms with Crippen molar-refractivity contribution in [2.24, 2.45) is 0 Å². The van der Waals surface area contributed by atoms with Gasteiger partial charge in [0.25, 0.3) is 0 Å². The van der Waals surface area contributed by atoms with Crippen molar-refractivity contribution >= 4 is 11.9 Å². The molecule has 0 saturated heterocycles. The average molecular weight is 174 g/mol. The van der Waals surface area contributed by atoms with Crippen LogP contribution in [0.2, 0.25) is 0 Å². The lowest BCUT2D eigenvalue weighted by Gasteiger charge is -2.00. The van der Waals surface area contributed by atoms with Crippen molar-refractivity contribution in [3.8, 4) is 0 Å². The smallest absolute Gasteiger partial charge is 0.152 e. The Kier molecular flexibility index (Phi) is 3.02. The van der Waals surface area contributed by atoms with Crippen LogP contribution in [-0.4, -0.2) is 5.78 Å². The molecule has 0 spiro atoms. The van der Waals surface area contributed by atoms with E-state index in [1.807, 2.05) is 19.9 Å². The standard InChI is InChI=1S/C12H14O/c1-9-4-5-10(2)12(8-9)7-6-11(3)13/h4-8H,1-3H3/b7-6+. The van der Waals surface area contributed by atoms with Crippen LogP contribution in [-0.2, 0) is 4.79 Å². The molecule has 0 heterocycles. The maximum Gasteiger partial charge on any atom is 0.152 e. The van der Waals surface area contributed by atoms with Crippen LogP contribution in [0.1, 0.15) is 23.6 Å². The van der Waals surface area contributed by atoms with Crippen LogP contribution in [0.4, 0.5) is 0 Å². The summed E-state index contributed by atoms with van der Waals surface area (Å²) in [5.41, 5.74) is 3.53. The minimum Gasteiger partial charge on any atom is -0.295 e. The van der Waals surface area contributed by atoms with Gasteiger partial charge in [-0.15, -0.1) is 0 Å². The monoisotopic (exact) mass is 174 g/mol. The number of rotatable bonds is 2. The highest BCUT2D eigenvalue weighted by Gasteiger charge is 1.94. The van der Waals surface area contributed by atoms with E-state index >= 15 is 0 Å². The molecule has 1 heteroatoms. The molecule has 0 aromatic heterocycles. The number of hydrogen-bond donors (Lipinski definition) is 0. The lowest BCUT2D eigenvalue weighted by Crippen LogP contribution is -1.84. The van der Waals surface area contributed by atoms with Crippen molar-refractivity contribution in [1.29, 1.82) is 0 Å². The van der Waals surface area contributed by atoms with Crippen molar-refractivity contribution in [3.05, 3.63) is 41.0 Å². The second-order valence-corrected chi connectivity index (χ2v) is 3.30. The Morgan fingerprint density at radius 1 is 1.31 bits per heavy atom. The van der Waals surface area contributed by atoms with Gasteiger partial charge < -0.3 is 0 Å². The molecule has 13 heavy (non-hydrogen) atoms. The van der Waals surface area contributed by atoms with Gasteiger partial charge in [-0.05, 0) is 38.0 Å². The van der Waals surface area contributed by atoms with E-state index in [0.29, 0.717) is 0 Å². The molecule has 0 amide bonds. The summed E-state index contributed by atoms with van der Waals surface area (Å²) < 4.78 is 0. The molecule has 1 nitrogen and oxygen atoms in total. The van der Waals surface area contributed by atoms with Crippen LogP contribution in [0.15, 0.2) is 24.3 Å². The highest BCUT2D eigenvalue weighted by Crippen LogP contribution is 2.12. The van der Waals surface area contributed by atoms with Crippen LogP contribution >= 0.6 is 0 Å². The minimum atomic E-state index is 0.0842. The number of aryl methyl sites for hydroxylation is 2. The molecule has 68 valence electrons. The Balaban J connectivity index is 3.00. The van der Waals surface area contributed by atoms with Crippen molar-refractivity contribution in [1.82, 2.24) is 0 Å². The SMILES string of the molecule is CC(=O)/C=C/c1cc(C)ccc1C. The zero-order valence-electron chi connectivity index (χ0n) is 8.29. The zero-order valence-corrected chi connectivity index (χ0v) is 8.29. The Hall–Kier alpha value is -1.37. The van der Waals surface area contributed by atoms with E-state index in [1.165, 1.54) is 11.1 Å². The number of benzene rings is 1. The third-order valence-electron chi connectivity index (χ3n) is 1.93. The Morgan fingerprint density at radius 2 is 2.00 bits per heavy atom. The van der Waals surface area contributed by atoms with E-state index in [2.05, 4.69) is 18.2 Å². The first-order valence-electron chi connectivity index (χ1n) is 4.35. The largest absolute Gasteiger partial charge is 0.295 e. The van der Waals surface area contributed by atoms with Crippen molar-refractivity contribution in [2.45, 2.75) is 20.8 Å². The summed E-state index contributed by atoms with van der Waals surface area (Å²) in [7, 11) is 0. The van der Waals surface area contributed by atoms with Gasteiger partial charge in [-0.25, -0.2) is 0 Å². The van der Waals surface area contributed by atoms with E-state index < -0.39 is 0 Å². The van der Waals surface area contributed by atoms with Gasteiger partial charge in [0, 0.05) is 0 Å². The third kappa shape index (κ3) is 2.86. The number of ketones is 1. The topological polar surface area (TPSA) is 17.1 Å². The normalized spacial score (nSPS) is 10.7. The maximum atomic E-state index is 10.7. The van der Waals surface area contributed by atoms with Gasteiger partial charge in [0.05, 0.1) is 0 Å². The van der Waals surface area contributed by atoms with E-state index in [-0.39, 0.29) is 5.78 Å². The summed E-state index contributed by atoms with van der Waals surface area (Å²) in [6, 6.07) is 6.21. The van der Waals surface area contributed by atoms with Gasteiger partial charge in [-0.3, -0.25) is 4.79 Å². The number of hydrogen-bond acceptors (Lipinski definition) is 1. The predicted molar refractivity (Wildman–Crippen MR) is 55.6 cm³/mol. The highest BCUT2D eigenvalue weighted by molar-refractivity contribution is 5.91. The van der Waals surface area contributed by atoms with Crippen molar-refractivity contribution in [3.63, 3.8) is 0 Å². The van der Waals surface area contributed by atoms with E-state index in [4.69, 9.17) is 0 Å². The second-order valence-electron chi connectivity index (χ2n) is 3.30. The molecule has 1 aromatic rings. The Bertz CT molecular complexity index is 348. The van der Waals surface area contributed by atoms with Gasteiger partial charge in [-0.1, -0.05) is 29.8 Å². The van der Waals surface area contributed by atoms with Crippen LogP contribution in [0.25, 0.3) is 6.08 Å². The van der Waals surface area contributed by atoms with E-state index in [0.717, 1.165) is 5.56 Å². The van der Waals surface area contributed by atoms with Crippen molar-refractivity contribution in [2.75, 3.05) is 0 Å². The summed E-state index contributed by atoms with van der Waals surface area (Å²) in [6.45, 7) is 5.64. The summed E-state index contributed by atoms with van der Waals surface area (Å²) in [6.07, 6.45) is 3.46. The van der Waals surface area contributed by atoms with Crippen LogP contribution in [0, 0.1) is 13.8 Å². The van der Waals surface area contributed by atoms with Gasteiger partial charge >= 0.3 is 0 Å².